The molecule has 2 heterocycles. The maximum absolute atomic E-state index is 11.8. The normalized spacial score (nSPS) is 18.9. The summed E-state index contributed by atoms with van der Waals surface area (Å²) in [6, 6.07) is 4.38. The number of nitrogens with one attached hydrogen (secondary N) is 2. The molecule has 1 unspecified atom stereocenters. The zero-order valence-electron chi connectivity index (χ0n) is 12.9. The van der Waals surface area contributed by atoms with E-state index < -0.39 is 18.0 Å². The fraction of sp³-hybridized carbons (Fsp3) is 0.312. The fourth-order valence-corrected chi connectivity index (χ4v) is 2.23. The Morgan fingerprint density at radius 2 is 2.09 bits per heavy atom. The van der Waals surface area contributed by atoms with Gasteiger partial charge in [-0.2, -0.15) is 0 Å². The van der Waals surface area contributed by atoms with Crippen LogP contribution in [0.1, 0.15) is 15.9 Å². The Kier molecular flexibility index (Phi) is 4.86. The van der Waals surface area contributed by atoms with E-state index in [0.717, 1.165) is 29.8 Å². The van der Waals surface area contributed by atoms with Gasteiger partial charge in [-0.3, -0.25) is 14.9 Å². The molecule has 2 N–H and O–H groups in total. The van der Waals surface area contributed by atoms with Crippen molar-refractivity contribution in [3.63, 3.8) is 0 Å². The zero-order valence-corrected chi connectivity index (χ0v) is 12.9. The Morgan fingerprint density at radius 3 is 2.61 bits per heavy atom. The van der Waals surface area contributed by atoms with Gasteiger partial charge in [0.15, 0.2) is 6.04 Å². The van der Waals surface area contributed by atoms with Crippen LogP contribution in [0.5, 0.6) is 5.75 Å². The second-order valence-electron chi connectivity index (χ2n) is 5.06. The molecule has 0 saturated carbocycles. The molecule has 120 valence electrons. The predicted octanol–water partition coefficient (Wildman–Crippen LogP) is 0.151. The summed E-state index contributed by atoms with van der Waals surface area (Å²) in [6.07, 6.45) is 5.79. The van der Waals surface area contributed by atoms with Crippen LogP contribution in [-0.4, -0.2) is 49.5 Å². The van der Waals surface area contributed by atoms with Crippen LogP contribution in [0.2, 0.25) is 0 Å². The Balaban J connectivity index is 0.000000185. The first-order valence-corrected chi connectivity index (χ1v) is 6.96. The van der Waals surface area contributed by atoms with Crippen LogP contribution in [0, 0.1) is 12.3 Å². The van der Waals surface area contributed by atoms with Gasteiger partial charge in [-0.15, -0.1) is 6.42 Å². The van der Waals surface area contributed by atoms with Crippen LogP contribution >= 0.6 is 0 Å². The van der Waals surface area contributed by atoms with E-state index in [4.69, 9.17) is 11.2 Å². The first-order valence-electron chi connectivity index (χ1n) is 6.96. The molecular weight excluding hydrogens is 298 g/mol. The van der Waals surface area contributed by atoms with E-state index in [2.05, 4.69) is 11.2 Å². The number of rotatable bonds is 1. The van der Waals surface area contributed by atoms with Gasteiger partial charge >= 0.3 is 6.03 Å². The summed E-state index contributed by atoms with van der Waals surface area (Å²) in [4.78, 5) is 34.3. The molecule has 2 aliphatic rings. The van der Waals surface area contributed by atoms with Crippen molar-refractivity contribution in [3.8, 4) is 18.1 Å². The van der Waals surface area contributed by atoms with Gasteiger partial charge in [-0.05, 0) is 24.1 Å². The quantitative estimate of drug-likeness (QED) is 0.570. The number of ether oxygens (including phenoxy) is 1. The Morgan fingerprint density at radius 1 is 1.35 bits per heavy atom. The summed E-state index contributed by atoms with van der Waals surface area (Å²) in [6.45, 7) is 0.804. The Hall–Kier alpha value is -3.01. The van der Waals surface area contributed by atoms with Gasteiger partial charge in [0.05, 0.1) is 7.11 Å². The topological polar surface area (TPSA) is 87.7 Å². The van der Waals surface area contributed by atoms with Crippen LogP contribution in [-0.2, 0) is 11.2 Å². The maximum atomic E-state index is 11.8. The number of carbonyl (C=O) groups is 3. The summed E-state index contributed by atoms with van der Waals surface area (Å²) in [5.74, 6) is 2.48. The number of carbonyl (C=O) groups excluding carboxylic acids is 3. The second-order valence-corrected chi connectivity index (χ2v) is 5.06. The monoisotopic (exact) mass is 315 g/mol. The lowest BCUT2D eigenvalue weighted by molar-refractivity contribution is -0.119. The highest BCUT2D eigenvalue weighted by Crippen LogP contribution is 2.22. The Labute approximate surface area is 134 Å². The lowest BCUT2D eigenvalue weighted by Crippen LogP contribution is -2.34. The average Bonchev–Trinajstić information content (AvgIpc) is 2.89. The number of imide groups is 1. The highest BCUT2D eigenvalue weighted by atomic mass is 16.5. The van der Waals surface area contributed by atoms with Crippen LogP contribution in [0.3, 0.4) is 0 Å². The van der Waals surface area contributed by atoms with E-state index in [9.17, 15) is 14.4 Å². The van der Waals surface area contributed by atoms with Crippen molar-refractivity contribution in [2.75, 3.05) is 20.7 Å². The van der Waals surface area contributed by atoms with Gasteiger partial charge in [0, 0.05) is 19.2 Å². The highest BCUT2D eigenvalue weighted by Gasteiger charge is 2.26. The lowest BCUT2D eigenvalue weighted by Gasteiger charge is -2.24. The molecule has 3 rings (SSSR count). The minimum atomic E-state index is -0.780. The van der Waals surface area contributed by atoms with Crippen molar-refractivity contribution in [1.29, 1.82) is 0 Å². The summed E-state index contributed by atoms with van der Waals surface area (Å²) in [5, 5.41) is 4.20. The molecule has 7 heteroatoms. The van der Waals surface area contributed by atoms with Gasteiger partial charge in [0.2, 0.25) is 0 Å². The minimum absolute atomic E-state index is 0.0881. The number of hydrogen-bond acceptors (Lipinski definition) is 4. The molecule has 0 aromatic heterocycles. The molecule has 2 aliphatic heterocycles. The van der Waals surface area contributed by atoms with Gasteiger partial charge in [0.1, 0.15) is 5.75 Å². The van der Waals surface area contributed by atoms with Gasteiger partial charge in [-0.1, -0.05) is 12.0 Å². The number of urea groups is 1. The molecule has 1 saturated heterocycles. The average molecular weight is 315 g/mol. The van der Waals surface area contributed by atoms with Crippen LogP contribution in [0.4, 0.5) is 4.79 Å². The molecule has 0 spiro atoms. The molecule has 1 aromatic rings. The molecule has 0 radical (unpaired) electrons. The van der Waals surface area contributed by atoms with E-state index in [1.807, 2.05) is 30.6 Å². The van der Waals surface area contributed by atoms with Crippen molar-refractivity contribution in [2.24, 2.45) is 0 Å². The number of nitrogens with zero attached hydrogens (tertiary/aromatic N) is 1. The van der Waals surface area contributed by atoms with Crippen molar-refractivity contribution in [3.05, 3.63) is 29.3 Å². The standard InChI is InChI=1S/C11H13NO2.C5H4N2O2/c1-12-6-5-8-3-4-9(14-2)7-10(8)11(12)13;1-2-3-4(8)7-5(9)6-3/h3-4,7H,5-6H2,1-2H3;1,3H,(H2,6,7,8,9). The zero-order chi connectivity index (χ0) is 17.0. The number of benzene rings is 1. The predicted molar refractivity (Wildman–Crippen MR) is 83.0 cm³/mol. The molecule has 0 aliphatic carbocycles. The van der Waals surface area contributed by atoms with Crippen molar-refractivity contribution >= 4 is 17.8 Å². The molecule has 4 amide bonds. The van der Waals surface area contributed by atoms with Crippen LogP contribution in [0.25, 0.3) is 0 Å². The number of fused-ring (bicyclic) bond motifs is 1. The van der Waals surface area contributed by atoms with Gasteiger partial charge < -0.3 is 15.0 Å². The number of terminal acetylenes is 1. The van der Waals surface area contributed by atoms with Crippen molar-refractivity contribution < 1.29 is 19.1 Å². The molecule has 23 heavy (non-hydrogen) atoms. The third kappa shape index (κ3) is 3.61. The summed E-state index contributed by atoms with van der Waals surface area (Å²) >= 11 is 0. The number of amides is 4. The number of likely N-dealkylation sites (N-methyl/N-ethyl adjacent to an activating group) is 1. The fourth-order valence-electron chi connectivity index (χ4n) is 2.23. The highest BCUT2D eigenvalue weighted by molar-refractivity contribution is 6.05. The summed E-state index contributed by atoms with van der Waals surface area (Å²) < 4.78 is 5.09. The van der Waals surface area contributed by atoms with Crippen molar-refractivity contribution in [2.45, 2.75) is 12.5 Å². The SMILES string of the molecule is C#CC1NC(=O)NC1=O.COc1ccc2c(c1)C(=O)N(C)CC2. The van der Waals surface area contributed by atoms with Crippen LogP contribution in [0.15, 0.2) is 18.2 Å². The van der Waals surface area contributed by atoms with E-state index in [0.29, 0.717) is 0 Å². The first-order chi connectivity index (χ1) is 11.0. The van der Waals surface area contributed by atoms with E-state index in [-0.39, 0.29) is 5.91 Å². The molecule has 1 aromatic carbocycles. The lowest BCUT2D eigenvalue weighted by atomic mass is 9.99. The van der Waals surface area contributed by atoms with Gasteiger partial charge in [-0.25, -0.2) is 4.79 Å². The van der Waals surface area contributed by atoms with E-state index in [1.54, 1.807) is 12.0 Å². The molecule has 1 atom stereocenters. The third-order valence-electron chi connectivity index (χ3n) is 3.55. The third-order valence-corrected chi connectivity index (χ3v) is 3.55. The molecule has 1 fully saturated rings. The minimum Gasteiger partial charge on any atom is -0.497 e. The first kappa shape index (κ1) is 16.4. The number of hydrogen-bond donors (Lipinski definition) is 2. The smallest absolute Gasteiger partial charge is 0.322 e. The van der Waals surface area contributed by atoms with Gasteiger partial charge in [0.25, 0.3) is 11.8 Å². The second kappa shape index (κ2) is 6.83. The van der Waals surface area contributed by atoms with Crippen LogP contribution < -0.4 is 15.4 Å². The van der Waals surface area contributed by atoms with E-state index in [1.165, 1.54) is 0 Å². The molecule has 7 nitrogen and oxygen atoms in total. The van der Waals surface area contributed by atoms with E-state index >= 15 is 0 Å². The summed E-state index contributed by atoms with van der Waals surface area (Å²) in [7, 11) is 3.43. The molecular formula is C16H17N3O4. The largest absolute Gasteiger partial charge is 0.497 e. The maximum Gasteiger partial charge on any atom is 0.322 e. The molecule has 0 bridgehead atoms. The Bertz CT molecular complexity index is 693. The summed E-state index contributed by atoms with van der Waals surface area (Å²) in [5.41, 5.74) is 1.90. The number of methoxy groups -OCH3 is 1. The van der Waals surface area contributed by atoms with Crippen molar-refractivity contribution in [1.82, 2.24) is 15.5 Å².